The van der Waals surface area contributed by atoms with Crippen LogP contribution in [0, 0.1) is 0 Å². The van der Waals surface area contributed by atoms with Gasteiger partial charge in [-0.1, -0.05) is 29.8 Å². The third kappa shape index (κ3) is 2.42. The average molecular weight is 288 g/mol. The Bertz CT molecular complexity index is 754. The van der Waals surface area contributed by atoms with Crippen LogP contribution in [0.15, 0.2) is 46.9 Å². The van der Waals surface area contributed by atoms with E-state index in [0.717, 1.165) is 5.56 Å². The molecule has 0 saturated heterocycles. The van der Waals surface area contributed by atoms with Gasteiger partial charge in [0.05, 0.1) is 11.7 Å². The second-order valence-corrected chi connectivity index (χ2v) is 5.07. The molecule has 1 aromatic heterocycles. The van der Waals surface area contributed by atoms with Gasteiger partial charge in [-0.2, -0.15) is 4.98 Å². The smallest absolute Gasteiger partial charge is 0.296 e. The van der Waals surface area contributed by atoms with E-state index >= 15 is 0 Å². The fraction of sp³-hybridized carbons (Fsp3) is 0.133. The highest BCUT2D eigenvalue weighted by atomic mass is 35.5. The molecule has 0 fully saturated rings. The minimum Gasteiger partial charge on any atom is -0.423 e. The van der Waals surface area contributed by atoms with Gasteiger partial charge >= 0.3 is 0 Å². The Kier molecular flexibility index (Phi) is 3.24. The Hall–Kier alpha value is -2.20. The van der Waals surface area contributed by atoms with E-state index in [4.69, 9.17) is 21.8 Å². The number of anilines is 2. The SMILES string of the molecule is CC(Nc1nc2c(N)cccc2o1)c1cccc(Cl)c1. The molecule has 3 N–H and O–H groups in total. The molecule has 3 rings (SSSR count). The van der Waals surface area contributed by atoms with Crippen LogP contribution in [-0.4, -0.2) is 4.98 Å². The maximum Gasteiger partial charge on any atom is 0.296 e. The number of nitrogens with one attached hydrogen (secondary N) is 1. The molecule has 3 aromatic rings. The summed E-state index contributed by atoms with van der Waals surface area (Å²) in [7, 11) is 0. The lowest BCUT2D eigenvalue weighted by Crippen LogP contribution is -2.06. The van der Waals surface area contributed by atoms with Gasteiger partial charge in [-0.05, 0) is 36.8 Å². The highest BCUT2D eigenvalue weighted by molar-refractivity contribution is 6.30. The van der Waals surface area contributed by atoms with Gasteiger partial charge in [-0.15, -0.1) is 0 Å². The van der Waals surface area contributed by atoms with Gasteiger partial charge in [0.2, 0.25) is 0 Å². The van der Waals surface area contributed by atoms with Gasteiger partial charge < -0.3 is 15.5 Å². The molecule has 0 amide bonds. The van der Waals surface area contributed by atoms with Crippen LogP contribution in [-0.2, 0) is 0 Å². The first-order valence-electron chi connectivity index (χ1n) is 6.30. The highest BCUT2D eigenvalue weighted by Gasteiger charge is 2.12. The predicted octanol–water partition coefficient (Wildman–Crippen LogP) is 4.24. The molecule has 2 aromatic carbocycles. The summed E-state index contributed by atoms with van der Waals surface area (Å²) in [5, 5.41) is 3.92. The van der Waals surface area contributed by atoms with Crippen LogP contribution in [0.3, 0.4) is 0 Å². The molecule has 102 valence electrons. The van der Waals surface area contributed by atoms with Crippen molar-refractivity contribution in [2.24, 2.45) is 0 Å². The highest BCUT2D eigenvalue weighted by Crippen LogP contribution is 2.26. The summed E-state index contributed by atoms with van der Waals surface area (Å²) in [6, 6.07) is 13.6. The van der Waals surface area contributed by atoms with Gasteiger partial charge in [-0.3, -0.25) is 0 Å². The number of para-hydroxylation sites is 1. The van der Waals surface area contributed by atoms with Crippen LogP contribution in [0.25, 0.3) is 11.1 Å². The van der Waals surface area contributed by atoms with Gasteiger partial charge in [0, 0.05) is 5.02 Å². The number of oxazole rings is 1. The quantitative estimate of drug-likeness (QED) is 0.707. The first-order chi connectivity index (χ1) is 9.63. The molecule has 0 aliphatic heterocycles. The molecule has 0 radical (unpaired) electrons. The van der Waals surface area contributed by atoms with Gasteiger partial charge in [-0.25, -0.2) is 0 Å². The maximum absolute atomic E-state index is 5.99. The standard InChI is InChI=1S/C15H14ClN3O/c1-9(10-4-2-5-11(16)8-10)18-15-19-14-12(17)6-3-7-13(14)20-15/h2-9H,17H2,1H3,(H,18,19). The second kappa shape index (κ2) is 5.06. The number of fused-ring (bicyclic) bond motifs is 1. The fourth-order valence-electron chi connectivity index (χ4n) is 2.08. The third-order valence-corrected chi connectivity index (χ3v) is 3.37. The lowest BCUT2D eigenvalue weighted by Gasteiger charge is -2.12. The van der Waals surface area contributed by atoms with Gasteiger partial charge in [0.25, 0.3) is 6.01 Å². The molecule has 0 spiro atoms. The number of hydrogen-bond acceptors (Lipinski definition) is 4. The Morgan fingerprint density at radius 1 is 1.25 bits per heavy atom. The van der Waals surface area contributed by atoms with E-state index in [1.807, 2.05) is 43.3 Å². The van der Waals surface area contributed by atoms with Crippen molar-refractivity contribution in [1.82, 2.24) is 4.98 Å². The first kappa shape index (κ1) is 12.8. The van der Waals surface area contributed by atoms with Crippen molar-refractivity contribution in [3.05, 3.63) is 53.1 Å². The summed E-state index contributed by atoms with van der Waals surface area (Å²) in [4.78, 5) is 4.36. The number of hydrogen-bond donors (Lipinski definition) is 2. The second-order valence-electron chi connectivity index (χ2n) is 4.63. The van der Waals surface area contributed by atoms with Crippen molar-refractivity contribution in [3.8, 4) is 0 Å². The summed E-state index contributed by atoms with van der Waals surface area (Å²) in [6.45, 7) is 2.02. The van der Waals surface area contributed by atoms with Crippen molar-refractivity contribution in [2.75, 3.05) is 11.1 Å². The average Bonchev–Trinajstić information content (AvgIpc) is 2.83. The molecule has 20 heavy (non-hydrogen) atoms. The first-order valence-corrected chi connectivity index (χ1v) is 6.68. The Morgan fingerprint density at radius 2 is 2.05 bits per heavy atom. The van der Waals surface area contributed by atoms with E-state index in [9.17, 15) is 0 Å². The maximum atomic E-state index is 5.99. The molecule has 0 aliphatic carbocycles. The normalized spacial score (nSPS) is 12.5. The largest absolute Gasteiger partial charge is 0.423 e. The zero-order valence-corrected chi connectivity index (χ0v) is 11.7. The lowest BCUT2D eigenvalue weighted by atomic mass is 10.1. The molecule has 0 bridgehead atoms. The van der Waals surface area contributed by atoms with Crippen LogP contribution in [0.1, 0.15) is 18.5 Å². The summed E-state index contributed by atoms with van der Waals surface area (Å²) < 4.78 is 5.64. The number of nitrogens with two attached hydrogens (primary N) is 1. The van der Waals surface area contributed by atoms with Crippen LogP contribution in [0.5, 0.6) is 0 Å². The van der Waals surface area contributed by atoms with Crippen molar-refractivity contribution >= 4 is 34.4 Å². The number of rotatable bonds is 3. The topological polar surface area (TPSA) is 64.1 Å². The summed E-state index contributed by atoms with van der Waals surface area (Å²) >= 11 is 5.99. The summed E-state index contributed by atoms with van der Waals surface area (Å²) in [5.41, 5.74) is 8.88. The number of nitrogens with zero attached hydrogens (tertiary/aromatic N) is 1. The predicted molar refractivity (Wildman–Crippen MR) is 81.9 cm³/mol. The third-order valence-electron chi connectivity index (χ3n) is 3.14. The molecule has 0 aliphatic rings. The van der Waals surface area contributed by atoms with Gasteiger partial charge in [0.15, 0.2) is 5.58 Å². The molecule has 1 atom stereocenters. The van der Waals surface area contributed by atoms with Gasteiger partial charge in [0.1, 0.15) is 5.52 Å². The molecule has 1 heterocycles. The zero-order chi connectivity index (χ0) is 14.1. The minimum absolute atomic E-state index is 0.0305. The molecule has 0 saturated carbocycles. The number of nitrogen functional groups attached to an aromatic ring is 1. The van der Waals surface area contributed by atoms with E-state index in [1.165, 1.54) is 0 Å². The molecule has 5 heteroatoms. The summed E-state index contributed by atoms with van der Waals surface area (Å²) in [5.74, 6) is 0. The van der Waals surface area contributed by atoms with Crippen molar-refractivity contribution in [2.45, 2.75) is 13.0 Å². The molecule has 4 nitrogen and oxygen atoms in total. The van der Waals surface area contributed by atoms with Crippen molar-refractivity contribution in [1.29, 1.82) is 0 Å². The Balaban J connectivity index is 1.87. The van der Waals surface area contributed by atoms with Crippen molar-refractivity contribution in [3.63, 3.8) is 0 Å². The molecular formula is C15H14ClN3O. The van der Waals surface area contributed by atoms with Crippen LogP contribution < -0.4 is 11.1 Å². The number of halogens is 1. The minimum atomic E-state index is 0.0305. The van der Waals surface area contributed by atoms with E-state index in [-0.39, 0.29) is 6.04 Å². The van der Waals surface area contributed by atoms with Crippen molar-refractivity contribution < 1.29 is 4.42 Å². The van der Waals surface area contributed by atoms with E-state index < -0.39 is 0 Å². The van der Waals surface area contributed by atoms with Crippen LogP contribution >= 0.6 is 11.6 Å². The van der Waals surface area contributed by atoms with Crippen LogP contribution in [0.2, 0.25) is 5.02 Å². The lowest BCUT2D eigenvalue weighted by molar-refractivity contribution is 0.604. The van der Waals surface area contributed by atoms with E-state index in [2.05, 4.69) is 10.3 Å². The number of aromatic nitrogens is 1. The fourth-order valence-corrected chi connectivity index (χ4v) is 2.27. The molecule has 1 unspecified atom stereocenters. The Labute approximate surface area is 121 Å². The Morgan fingerprint density at radius 3 is 2.80 bits per heavy atom. The molecular weight excluding hydrogens is 274 g/mol. The van der Waals surface area contributed by atoms with E-state index in [0.29, 0.717) is 27.8 Å². The van der Waals surface area contributed by atoms with E-state index in [1.54, 1.807) is 6.07 Å². The summed E-state index contributed by atoms with van der Waals surface area (Å²) in [6.07, 6.45) is 0. The monoisotopic (exact) mass is 287 g/mol. The number of benzene rings is 2. The van der Waals surface area contributed by atoms with Crippen LogP contribution in [0.4, 0.5) is 11.7 Å². The zero-order valence-electron chi connectivity index (χ0n) is 10.9.